The van der Waals surface area contributed by atoms with Crippen LogP contribution in [-0.2, 0) is 9.59 Å². The van der Waals surface area contributed by atoms with E-state index in [1.807, 2.05) is 64.1 Å². The first-order valence-corrected chi connectivity index (χ1v) is 8.54. The predicted octanol–water partition coefficient (Wildman–Crippen LogP) is 4.36. The Morgan fingerprint density at radius 3 is 1.38 bits per heavy atom. The molecule has 2 aromatic carbocycles. The van der Waals surface area contributed by atoms with Crippen molar-refractivity contribution in [2.75, 3.05) is 10.6 Å². The number of carbonyl (C=O) groups is 2. The highest BCUT2D eigenvalue weighted by atomic mass is 16.1. The number of anilines is 2. The van der Waals surface area contributed by atoms with Gasteiger partial charge in [0.15, 0.2) is 0 Å². The summed E-state index contributed by atoms with van der Waals surface area (Å²) in [6.07, 6.45) is 2.72. The first-order chi connectivity index (χ1) is 12.3. The lowest BCUT2D eigenvalue weighted by Gasteiger charge is -2.18. The number of carbonyl (C=O) groups excluding carboxylic acids is 2. The van der Waals surface area contributed by atoms with E-state index < -0.39 is 0 Å². The minimum atomic E-state index is -0.224. The second kappa shape index (κ2) is 7.00. The zero-order valence-corrected chi connectivity index (χ0v) is 15.4. The van der Waals surface area contributed by atoms with E-state index in [4.69, 9.17) is 0 Å². The number of hydrogen-bond donors (Lipinski definition) is 2. The van der Waals surface area contributed by atoms with Crippen LogP contribution in [0.15, 0.2) is 59.9 Å². The average Bonchev–Trinajstić information content (AvgIpc) is 2.58. The lowest BCUT2D eigenvalue weighted by molar-refractivity contribution is -0.115. The maximum Gasteiger partial charge on any atom is 0.204 e. The summed E-state index contributed by atoms with van der Waals surface area (Å²) in [6, 6.07) is 11.9. The SMILES string of the molecule is Cc1ccc(C)c(NC2=CC(=O)C(Nc3cc(C)ccc3C)=CC2=O)c1. The van der Waals surface area contributed by atoms with Crippen molar-refractivity contribution < 1.29 is 9.59 Å². The average molecular weight is 346 g/mol. The van der Waals surface area contributed by atoms with E-state index in [1.54, 1.807) is 0 Å². The molecule has 132 valence electrons. The van der Waals surface area contributed by atoms with Crippen LogP contribution in [0.2, 0.25) is 0 Å². The minimum absolute atomic E-state index is 0.224. The van der Waals surface area contributed by atoms with Crippen molar-refractivity contribution in [3.63, 3.8) is 0 Å². The molecule has 0 saturated heterocycles. The Balaban J connectivity index is 1.82. The molecule has 2 N–H and O–H groups in total. The molecule has 3 rings (SSSR count). The van der Waals surface area contributed by atoms with Gasteiger partial charge in [-0.2, -0.15) is 0 Å². The molecule has 4 heteroatoms. The van der Waals surface area contributed by atoms with Gasteiger partial charge in [-0.25, -0.2) is 0 Å². The van der Waals surface area contributed by atoms with E-state index in [0.717, 1.165) is 33.6 Å². The van der Waals surface area contributed by atoms with Crippen LogP contribution in [0.25, 0.3) is 0 Å². The van der Waals surface area contributed by atoms with Crippen LogP contribution < -0.4 is 10.6 Å². The van der Waals surface area contributed by atoms with Crippen LogP contribution in [0.1, 0.15) is 22.3 Å². The van der Waals surface area contributed by atoms with Gasteiger partial charge in [-0.05, 0) is 62.1 Å². The highest BCUT2D eigenvalue weighted by molar-refractivity contribution is 6.22. The van der Waals surface area contributed by atoms with E-state index in [9.17, 15) is 9.59 Å². The van der Waals surface area contributed by atoms with Gasteiger partial charge < -0.3 is 10.6 Å². The summed E-state index contributed by atoms with van der Waals surface area (Å²) in [6.45, 7) is 7.89. The van der Waals surface area contributed by atoms with Gasteiger partial charge in [-0.3, -0.25) is 9.59 Å². The summed E-state index contributed by atoms with van der Waals surface area (Å²) in [5.41, 5.74) is 6.43. The fourth-order valence-corrected chi connectivity index (χ4v) is 2.79. The van der Waals surface area contributed by atoms with Crippen LogP contribution in [0.4, 0.5) is 11.4 Å². The van der Waals surface area contributed by atoms with Gasteiger partial charge in [0.2, 0.25) is 11.6 Å². The molecule has 0 amide bonds. The summed E-state index contributed by atoms with van der Waals surface area (Å²) in [4.78, 5) is 25.0. The number of allylic oxidation sites excluding steroid dienone is 2. The largest absolute Gasteiger partial charge is 0.352 e. The second-order valence-electron chi connectivity index (χ2n) is 6.73. The molecule has 0 aliphatic heterocycles. The highest BCUT2D eigenvalue weighted by Gasteiger charge is 2.21. The van der Waals surface area contributed by atoms with Gasteiger partial charge in [0, 0.05) is 23.5 Å². The van der Waals surface area contributed by atoms with Gasteiger partial charge in [0.25, 0.3) is 0 Å². The summed E-state index contributed by atoms with van der Waals surface area (Å²) in [5.74, 6) is -0.448. The number of nitrogens with one attached hydrogen (secondary N) is 2. The standard InChI is InChI=1S/C22H22N2O2/c1-13-5-7-15(3)17(9-13)23-19-11-22(26)20(12-21(19)25)24-18-10-14(2)6-8-16(18)4/h5-12,23-24H,1-4H3. The fourth-order valence-electron chi connectivity index (χ4n) is 2.79. The Hall–Kier alpha value is -3.14. The van der Waals surface area contributed by atoms with Crippen LogP contribution in [0.3, 0.4) is 0 Å². The van der Waals surface area contributed by atoms with Crippen LogP contribution in [0.5, 0.6) is 0 Å². The molecule has 0 bridgehead atoms. The zero-order valence-electron chi connectivity index (χ0n) is 15.4. The highest BCUT2D eigenvalue weighted by Crippen LogP contribution is 2.23. The maximum absolute atomic E-state index is 12.5. The maximum atomic E-state index is 12.5. The van der Waals surface area contributed by atoms with Gasteiger partial charge in [-0.1, -0.05) is 24.3 Å². The third-order valence-electron chi connectivity index (χ3n) is 4.41. The smallest absolute Gasteiger partial charge is 0.204 e. The van der Waals surface area contributed by atoms with E-state index in [2.05, 4.69) is 10.6 Å². The lowest BCUT2D eigenvalue weighted by Crippen LogP contribution is -2.22. The van der Waals surface area contributed by atoms with Crippen molar-refractivity contribution in [1.29, 1.82) is 0 Å². The fraction of sp³-hybridized carbons (Fsp3) is 0.182. The number of hydrogen-bond acceptors (Lipinski definition) is 4. The molecule has 0 aromatic heterocycles. The number of benzene rings is 2. The Bertz CT molecular complexity index is 889. The van der Waals surface area contributed by atoms with Crippen molar-refractivity contribution in [1.82, 2.24) is 0 Å². The quantitative estimate of drug-likeness (QED) is 0.808. The Morgan fingerprint density at radius 1 is 0.615 bits per heavy atom. The molecule has 0 saturated carbocycles. The van der Waals surface area contributed by atoms with E-state index in [0.29, 0.717) is 0 Å². The third kappa shape index (κ3) is 3.75. The number of rotatable bonds is 4. The van der Waals surface area contributed by atoms with Gasteiger partial charge in [-0.15, -0.1) is 0 Å². The van der Waals surface area contributed by atoms with E-state index >= 15 is 0 Å². The minimum Gasteiger partial charge on any atom is -0.352 e. The lowest BCUT2D eigenvalue weighted by atomic mass is 10.0. The molecule has 4 nitrogen and oxygen atoms in total. The summed E-state index contributed by atoms with van der Waals surface area (Å²) >= 11 is 0. The van der Waals surface area contributed by atoms with Crippen molar-refractivity contribution in [3.05, 3.63) is 82.2 Å². The monoisotopic (exact) mass is 346 g/mol. The predicted molar refractivity (Wildman–Crippen MR) is 105 cm³/mol. The van der Waals surface area contributed by atoms with Crippen LogP contribution in [0, 0.1) is 27.7 Å². The molecule has 0 unspecified atom stereocenters. The van der Waals surface area contributed by atoms with Crippen molar-refractivity contribution in [2.45, 2.75) is 27.7 Å². The normalized spacial score (nSPS) is 14.0. The molecule has 1 aliphatic rings. The Kier molecular flexibility index (Phi) is 4.76. The first kappa shape index (κ1) is 17.7. The van der Waals surface area contributed by atoms with E-state index in [-0.39, 0.29) is 23.0 Å². The van der Waals surface area contributed by atoms with Crippen molar-refractivity contribution >= 4 is 22.9 Å². The second-order valence-corrected chi connectivity index (χ2v) is 6.73. The molecule has 2 aromatic rings. The Morgan fingerprint density at radius 2 is 1.00 bits per heavy atom. The van der Waals surface area contributed by atoms with Crippen LogP contribution >= 0.6 is 0 Å². The molecule has 0 heterocycles. The van der Waals surface area contributed by atoms with Crippen molar-refractivity contribution in [3.8, 4) is 0 Å². The van der Waals surface area contributed by atoms with Gasteiger partial charge in [0.1, 0.15) is 0 Å². The molecular formula is C22H22N2O2. The van der Waals surface area contributed by atoms with Gasteiger partial charge in [0.05, 0.1) is 11.4 Å². The molecular weight excluding hydrogens is 324 g/mol. The van der Waals surface area contributed by atoms with E-state index in [1.165, 1.54) is 12.2 Å². The zero-order chi connectivity index (χ0) is 18.8. The van der Waals surface area contributed by atoms with Crippen LogP contribution in [-0.4, -0.2) is 11.6 Å². The molecule has 0 spiro atoms. The Labute approximate surface area is 153 Å². The third-order valence-corrected chi connectivity index (χ3v) is 4.41. The molecule has 0 fully saturated rings. The molecule has 0 radical (unpaired) electrons. The molecule has 0 atom stereocenters. The molecule has 26 heavy (non-hydrogen) atoms. The summed E-state index contributed by atoms with van der Waals surface area (Å²) in [7, 11) is 0. The summed E-state index contributed by atoms with van der Waals surface area (Å²) < 4.78 is 0. The topological polar surface area (TPSA) is 58.2 Å². The summed E-state index contributed by atoms with van der Waals surface area (Å²) in [5, 5.41) is 6.19. The number of ketones is 2. The van der Waals surface area contributed by atoms with Gasteiger partial charge >= 0.3 is 0 Å². The molecule has 1 aliphatic carbocycles. The number of aryl methyl sites for hydroxylation is 4. The van der Waals surface area contributed by atoms with Crippen molar-refractivity contribution in [2.24, 2.45) is 0 Å². The first-order valence-electron chi connectivity index (χ1n) is 8.54.